The molecule has 0 radical (unpaired) electrons. The summed E-state index contributed by atoms with van der Waals surface area (Å²) in [5, 5.41) is 5.21. The fraction of sp³-hybridized carbons (Fsp3) is 0.500. The molecule has 3 aromatic rings. The Kier molecular flexibility index (Phi) is 6.43. The van der Waals surface area contributed by atoms with Crippen LogP contribution in [-0.4, -0.2) is 58.1 Å². The van der Waals surface area contributed by atoms with Gasteiger partial charge >= 0.3 is 0 Å². The number of hydrogen-bond donors (Lipinski definition) is 1. The molecule has 1 N–H and O–H groups in total. The van der Waals surface area contributed by atoms with Crippen molar-refractivity contribution in [1.29, 1.82) is 0 Å². The summed E-state index contributed by atoms with van der Waals surface area (Å²) >= 11 is 0. The van der Waals surface area contributed by atoms with Crippen LogP contribution >= 0.6 is 0 Å². The first-order chi connectivity index (χ1) is 14.9. The number of carbonyl (C=O) groups is 1. The summed E-state index contributed by atoms with van der Waals surface area (Å²) in [4.78, 5) is 20.6. The Hall–Kier alpha value is -2.64. The van der Waals surface area contributed by atoms with Crippen LogP contribution in [-0.2, 0) is 22.7 Å². The van der Waals surface area contributed by atoms with Crippen LogP contribution in [0.25, 0.3) is 10.9 Å². The normalized spacial score (nSPS) is 18.3. The Bertz CT molecular complexity index is 986. The molecule has 1 atom stereocenters. The van der Waals surface area contributed by atoms with Crippen LogP contribution in [0.15, 0.2) is 34.9 Å². The molecular weight excluding hydrogens is 392 g/mol. The van der Waals surface area contributed by atoms with E-state index in [1.807, 2.05) is 30.9 Å². The van der Waals surface area contributed by atoms with E-state index in [0.717, 1.165) is 34.8 Å². The first-order valence-corrected chi connectivity index (χ1v) is 11.0. The van der Waals surface area contributed by atoms with E-state index in [1.54, 1.807) is 0 Å². The Morgan fingerprint density at radius 2 is 2.06 bits per heavy atom. The van der Waals surface area contributed by atoms with Gasteiger partial charge in [-0.3, -0.25) is 9.69 Å². The van der Waals surface area contributed by atoms with Gasteiger partial charge in [0, 0.05) is 43.0 Å². The molecule has 7 heteroatoms. The predicted molar refractivity (Wildman–Crippen MR) is 120 cm³/mol. The second-order valence-electron chi connectivity index (χ2n) is 8.98. The highest BCUT2D eigenvalue weighted by atomic mass is 16.5. The average Bonchev–Trinajstić information content (AvgIpc) is 3.22. The highest BCUT2D eigenvalue weighted by Crippen LogP contribution is 2.20. The van der Waals surface area contributed by atoms with E-state index in [1.165, 1.54) is 5.39 Å². The molecule has 1 amide bonds. The summed E-state index contributed by atoms with van der Waals surface area (Å²) in [7, 11) is 0. The summed E-state index contributed by atoms with van der Waals surface area (Å²) in [6, 6.07) is 10.4. The van der Waals surface area contributed by atoms with E-state index in [-0.39, 0.29) is 12.0 Å². The zero-order valence-corrected chi connectivity index (χ0v) is 18.9. The minimum absolute atomic E-state index is 0.0803. The number of hydrogen-bond acceptors (Lipinski definition) is 5. The Morgan fingerprint density at radius 1 is 1.26 bits per heavy atom. The molecule has 1 aliphatic heterocycles. The topological polar surface area (TPSA) is 74.6 Å². The minimum Gasteiger partial charge on any atom is -0.370 e. The summed E-state index contributed by atoms with van der Waals surface area (Å²) in [5.41, 5.74) is 4.08. The van der Waals surface area contributed by atoms with Gasteiger partial charge in [0.1, 0.15) is 5.76 Å². The molecular formula is C24H32N4O3. The van der Waals surface area contributed by atoms with Crippen molar-refractivity contribution in [2.24, 2.45) is 5.92 Å². The number of nitrogens with zero attached hydrogens (tertiary/aromatic N) is 3. The Labute approximate surface area is 183 Å². The van der Waals surface area contributed by atoms with Crippen LogP contribution in [0.3, 0.4) is 0 Å². The molecule has 1 saturated heterocycles. The fourth-order valence-corrected chi connectivity index (χ4v) is 4.26. The maximum atomic E-state index is 13.0. The third-order valence-corrected chi connectivity index (χ3v) is 5.81. The van der Waals surface area contributed by atoms with Crippen LogP contribution in [0.2, 0.25) is 0 Å². The van der Waals surface area contributed by atoms with Gasteiger partial charge in [0.25, 0.3) is 0 Å². The number of benzene rings is 1. The lowest BCUT2D eigenvalue weighted by Gasteiger charge is -2.26. The number of amides is 1. The maximum Gasteiger partial charge on any atom is 0.236 e. The van der Waals surface area contributed by atoms with Crippen molar-refractivity contribution in [3.63, 3.8) is 0 Å². The average molecular weight is 425 g/mol. The summed E-state index contributed by atoms with van der Waals surface area (Å²) in [6.07, 6.45) is -0.0803. The van der Waals surface area contributed by atoms with Crippen LogP contribution in [0, 0.1) is 19.8 Å². The molecule has 31 heavy (non-hydrogen) atoms. The minimum atomic E-state index is -0.0803. The largest absolute Gasteiger partial charge is 0.370 e. The number of nitrogens with one attached hydrogen (secondary N) is 1. The Balaban J connectivity index is 1.50. The maximum absolute atomic E-state index is 13.0. The highest BCUT2D eigenvalue weighted by Gasteiger charge is 2.29. The molecule has 1 aromatic carbocycles. The Morgan fingerprint density at radius 3 is 2.77 bits per heavy atom. The molecule has 1 fully saturated rings. The highest BCUT2D eigenvalue weighted by molar-refractivity contribution is 5.80. The second kappa shape index (κ2) is 9.24. The number of aryl methyl sites for hydroxylation is 2. The van der Waals surface area contributed by atoms with Gasteiger partial charge in [-0.1, -0.05) is 37.2 Å². The molecule has 0 aliphatic carbocycles. The van der Waals surface area contributed by atoms with Crippen molar-refractivity contribution in [2.75, 3.05) is 26.2 Å². The molecule has 0 saturated carbocycles. The SMILES string of the molecule is Cc1noc(C)c1COC1CN(Cc2cc3ccccc3[nH]2)CC(=O)N(CC(C)C)C1. The van der Waals surface area contributed by atoms with Gasteiger partial charge in [0.15, 0.2) is 0 Å². The summed E-state index contributed by atoms with van der Waals surface area (Å²) < 4.78 is 11.6. The van der Waals surface area contributed by atoms with Crippen molar-refractivity contribution in [3.05, 3.63) is 53.0 Å². The summed E-state index contributed by atoms with van der Waals surface area (Å²) in [6.45, 7) is 11.7. The third kappa shape index (κ3) is 5.17. The van der Waals surface area contributed by atoms with E-state index >= 15 is 0 Å². The van der Waals surface area contributed by atoms with Crippen LogP contribution in [0.4, 0.5) is 0 Å². The number of fused-ring (bicyclic) bond motifs is 1. The second-order valence-corrected chi connectivity index (χ2v) is 8.98. The van der Waals surface area contributed by atoms with Crippen molar-refractivity contribution < 1.29 is 14.1 Å². The molecule has 0 bridgehead atoms. The van der Waals surface area contributed by atoms with E-state index in [0.29, 0.717) is 38.7 Å². The third-order valence-electron chi connectivity index (χ3n) is 5.81. The van der Waals surface area contributed by atoms with E-state index in [4.69, 9.17) is 9.26 Å². The smallest absolute Gasteiger partial charge is 0.236 e. The van der Waals surface area contributed by atoms with E-state index in [9.17, 15) is 4.79 Å². The quantitative estimate of drug-likeness (QED) is 0.627. The predicted octanol–water partition coefficient (Wildman–Crippen LogP) is 3.66. The molecule has 3 heterocycles. The number of carbonyl (C=O) groups excluding carboxylic acids is 1. The van der Waals surface area contributed by atoms with Crippen molar-refractivity contribution >= 4 is 16.8 Å². The van der Waals surface area contributed by atoms with Crippen molar-refractivity contribution in [2.45, 2.75) is 47.0 Å². The molecule has 2 aromatic heterocycles. The number of H-pyrrole nitrogens is 1. The fourth-order valence-electron chi connectivity index (χ4n) is 4.26. The van der Waals surface area contributed by atoms with Gasteiger partial charge in [-0.25, -0.2) is 0 Å². The number of aromatic nitrogens is 2. The van der Waals surface area contributed by atoms with E-state index < -0.39 is 0 Å². The van der Waals surface area contributed by atoms with Gasteiger partial charge in [-0.15, -0.1) is 0 Å². The number of rotatable bonds is 7. The lowest BCUT2D eigenvalue weighted by Crippen LogP contribution is -2.40. The molecule has 166 valence electrons. The first kappa shape index (κ1) is 21.6. The van der Waals surface area contributed by atoms with E-state index in [2.05, 4.69) is 47.1 Å². The van der Waals surface area contributed by atoms with Gasteiger partial charge in [0.2, 0.25) is 5.91 Å². The lowest BCUT2D eigenvalue weighted by atomic mass is 10.2. The number of aromatic amines is 1. The standard InChI is InChI=1S/C24H32N4O3/c1-16(2)10-28-13-21(30-15-22-17(3)26-31-18(22)4)12-27(14-24(28)29)11-20-9-19-7-5-6-8-23(19)25-20/h5-9,16,21,25H,10-15H2,1-4H3. The lowest BCUT2D eigenvalue weighted by molar-refractivity contribution is -0.132. The van der Waals surface area contributed by atoms with Gasteiger partial charge in [-0.2, -0.15) is 0 Å². The van der Waals surface area contributed by atoms with Crippen LogP contribution in [0.1, 0.15) is 36.6 Å². The zero-order valence-electron chi connectivity index (χ0n) is 18.9. The van der Waals surface area contributed by atoms with Crippen molar-refractivity contribution in [3.8, 4) is 0 Å². The van der Waals surface area contributed by atoms with Crippen LogP contribution < -0.4 is 0 Å². The first-order valence-electron chi connectivity index (χ1n) is 11.0. The van der Waals surface area contributed by atoms with Gasteiger partial charge in [-0.05, 0) is 37.3 Å². The monoisotopic (exact) mass is 424 g/mol. The number of ether oxygens (including phenoxy) is 1. The molecule has 7 nitrogen and oxygen atoms in total. The van der Waals surface area contributed by atoms with Crippen LogP contribution in [0.5, 0.6) is 0 Å². The number of para-hydroxylation sites is 1. The van der Waals surface area contributed by atoms with Crippen molar-refractivity contribution in [1.82, 2.24) is 19.9 Å². The molecule has 1 aliphatic rings. The zero-order chi connectivity index (χ0) is 22.0. The molecule has 1 unspecified atom stereocenters. The molecule has 0 spiro atoms. The summed E-state index contributed by atoms with van der Waals surface area (Å²) in [5.74, 6) is 1.36. The van der Waals surface area contributed by atoms with Gasteiger partial charge in [0.05, 0.1) is 24.9 Å². The molecule has 4 rings (SSSR count). The van der Waals surface area contributed by atoms with Gasteiger partial charge < -0.3 is 19.1 Å².